The lowest BCUT2D eigenvalue weighted by Crippen LogP contribution is -2.37. The molecule has 0 bridgehead atoms. The lowest BCUT2D eigenvalue weighted by Gasteiger charge is -2.26. The largest absolute Gasteiger partial charge is 0.350 e. The summed E-state index contributed by atoms with van der Waals surface area (Å²) in [6.45, 7) is 1.85. The van der Waals surface area contributed by atoms with Crippen molar-refractivity contribution in [2.75, 3.05) is 19.6 Å². The van der Waals surface area contributed by atoms with E-state index in [1.165, 1.54) is 24.6 Å². The Morgan fingerprint density at radius 3 is 2.70 bits per heavy atom. The van der Waals surface area contributed by atoms with Crippen molar-refractivity contribution < 1.29 is 14.0 Å². The molecule has 0 saturated carbocycles. The quantitative estimate of drug-likeness (QED) is 0.846. The number of nitrogens with one attached hydrogen (secondary N) is 1. The van der Waals surface area contributed by atoms with Gasteiger partial charge < -0.3 is 10.2 Å². The first-order chi connectivity index (χ1) is 9.66. The molecule has 0 aliphatic carbocycles. The summed E-state index contributed by atoms with van der Waals surface area (Å²) in [5.41, 5.74) is 0.0235. The molecule has 5 nitrogen and oxygen atoms in total. The molecule has 2 amide bonds. The third-order valence-electron chi connectivity index (χ3n) is 3.28. The Bertz CT molecular complexity index is 487. The van der Waals surface area contributed by atoms with E-state index in [0.29, 0.717) is 0 Å². The molecule has 0 atom stereocenters. The Balaban J connectivity index is 1.75. The SMILES string of the molecule is O=C(NCCC(=O)N1CCCCC1)c1cccc(F)n1. The highest BCUT2D eigenvalue weighted by Crippen LogP contribution is 2.09. The number of rotatable bonds is 4. The average Bonchev–Trinajstić information content (AvgIpc) is 2.48. The van der Waals surface area contributed by atoms with Crippen LogP contribution >= 0.6 is 0 Å². The van der Waals surface area contributed by atoms with Gasteiger partial charge in [-0.1, -0.05) is 6.07 Å². The van der Waals surface area contributed by atoms with Gasteiger partial charge in [-0.3, -0.25) is 9.59 Å². The van der Waals surface area contributed by atoms with Gasteiger partial charge in [0.05, 0.1) is 0 Å². The van der Waals surface area contributed by atoms with E-state index in [-0.39, 0.29) is 24.6 Å². The molecule has 1 aliphatic heterocycles. The molecule has 6 heteroatoms. The minimum Gasteiger partial charge on any atom is -0.350 e. The third-order valence-corrected chi connectivity index (χ3v) is 3.28. The van der Waals surface area contributed by atoms with Crippen LogP contribution in [0.3, 0.4) is 0 Å². The van der Waals surface area contributed by atoms with E-state index >= 15 is 0 Å². The fourth-order valence-corrected chi connectivity index (χ4v) is 2.21. The van der Waals surface area contributed by atoms with Gasteiger partial charge in [-0.2, -0.15) is 4.39 Å². The van der Waals surface area contributed by atoms with Gasteiger partial charge in [-0.15, -0.1) is 0 Å². The number of nitrogens with zero attached hydrogens (tertiary/aromatic N) is 2. The summed E-state index contributed by atoms with van der Waals surface area (Å²) in [7, 11) is 0. The van der Waals surface area contributed by atoms with Crippen molar-refractivity contribution >= 4 is 11.8 Å². The summed E-state index contributed by atoms with van der Waals surface area (Å²) in [4.78, 5) is 28.9. The molecule has 1 aromatic rings. The zero-order valence-electron chi connectivity index (χ0n) is 11.3. The summed E-state index contributed by atoms with van der Waals surface area (Å²) in [6, 6.07) is 4.04. The predicted octanol–water partition coefficient (Wildman–Crippen LogP) is 1.35. The van der Waals surface area contributed by atoms with Crippen molar-refractivity contribution in [2.24, 2.45) is 0 Å². The lowest BCUT2D eigenvalue weighted by molar-refractivity contribution is -0.131. The number of hydrogen-bond donors (Lipinski definition) is 1. The van der Waals surface area contributed by atoms with Crippen molar-refractivity contribution in [3.05, 3.63) is 29.8 Å². The monoisotopic (exact) mass is 279 g/mol. The number of carbonyl (C=O) groups is 2. The molecule has 0 spiro atoms. The zero-order valence-corrected chi connectivity index (χ0v) is 11.3. The number of amides is 2. The van der Waals surface area contributed by atoms with E-state index in [1.54, 1.807) is 0 Å². The smallest absolute Gasteiger partial charge is 0.270 e. The van der Waals surface area contributed by atoms with E-state index in [1.807, 2.05) is 4.90 Å². The predicted molar refractivity (Wildman–Crippen MR) is 71.6 cm³/mol. The maximum absolute atomic E-state index is 12.9. The molecular formula is C14H18FN3O2. The second kappa shape index (κ2) is 6.98. The van der Waals surface area contributed by atoms with Crippen LogP contribution in [0.2, 0.25) is 0 Å². The second-order valence-corrected chi connectivity index (χ2v) is 4.79. The number of carbonyl (C=O) groups excluding carboxylic acids is 2. The Labute approximate surface area is 117 Å². The van der Waals surface area contributed by atoms with Crippen LogP contribution in [0.15, 0.2) is 18.2 Å². The van der Waals surface area contributed by atoms with Gasteiger partial charge in [-0.05, 0) is 31.4 Å². The Hall–Kier alpha value is -1.98. The number of likely N-dealkylation sites (tertiary alicyclic amines) is 1. The minimum atomic E-state index is -0.693. The van der Waals surface area contributed by atoms with Crippen LogP contribution in [0.5, 0.6) is 0 Å². The molecule has 1 N–H and O–H groups in total. The molecule has 1 aliphatic rings. The Morgan fingerprint density at radius 1 is 1.25 bits per heavy atom. The summed E-state index contributed by atoms with van der Waals surface area (Å²) in [5, 5.41) is 2.58. The van der Waals surface area contributed by atoms with Crippen LogP contribution < -0.4 is 5.32 Å². The van der Waals surface area contributed by atoms with Crippen LogP contribution in [0, 0.1) is 5.95 Å². The first-order valence-electron chi connectivity index (χ1n) is 6.85. The number of aromatic nitrogens is 1. The third kappa shape index (κ3) is 4.01. The molecule has 1 fully saturated rings. The van der Waals surface area contributed by atoms with E-state index in [4.69, 9.17) is 0 Å². The molecule has 1 saturated heterocycles. The number of piperidine rings is 1. The molecule has 2 rings (SSSR count). The van der Waals surface area contributed by atoms with Crippen LogP contribution in [0.4, 0.5) is 4.39 Å². The number of pyridine rings is 1. The Kier molecular flexibility index (Phi) is 5.03. The minimum absolute atomic E-state index is 0.0235. The normalized spacial score (nSPS) is 14.9. The molecular weight excluding hydrogens is 261 g/mol. The van der Waals surface area contributed by atoms with Crippen molar-refractivity contribution in [2.45, 2.75) is 25.7 Å². The van der Waals surface area contributed by atoms with E-state index in [0.717, 1.165) is 25.9 Å². The average molecular weight is 279 g/mol. The molecule has 2 heterocycles. The van der Waals surface area contributed by atoms with Gasteiger partial charge in [0.15, 0.2) is 0 Å². The molecule has 0 aromatic carbocycles. The topological polar surface area (TPSA) is 62.3 Å². The standard InChI is InChI=1S/C14H18FN3O2/c15-12-6-4-5-11(17-12)14(20)16-8-7-13(19)18-9-2-1-3-10-18/h4-6H,1-3,7-10H2,(H,16,20). The molecule has 108 valence electrons. The highest BCUT2D eigenvalue weighted by molar-refractivity contribution is 5.92. The first-order valence-corrected chi connectivity index (χ1v) is 6.85. The van der Waals surface area contributed by atoms with Gasteiger partial charge in [0.1, 0.15) is 5.69 Å². The zero-order chi connectivity index (χ0) is 14.4. The molecule has 0 unspecified atom stereocenters. The van der Waals surface area contributed by atoms with E-state index in [2.05, 4.69) is 10.3 Å². The maximum Gasteiger partial charge on any atom is 0.270 e. The highest BCUT2D eigenvalue weighted by atomic mass is 19.1. The first kappa shape index (κ1) is 14.4. The fourth-order valence-electron chi connectivity index (χ4n) is 2.21. The second-order valence-electron chi connectivity index (χ2n) is 4.79. The number of halogens is 1. The lowest BCUT2D eigenvalue weighted by atomic mass is 10.1. The van der Waals surface area contributed by atoms with Crippen molar-refractivity contribution in [1.29, 1.82) is 0 Å². The van der Waals surface area contributed by atoms with Gasteiger partial charge in [-0.25, -0.2) is 4.98 Å². The van der Waals surface area contributed by atoms with Gasteiger partial charge >= 0.3 is 0 Å². The summed E-state index contributed by atoms with van der Waals surface area (Å²) in [6.07, 6.45) is 3.53. The molecule has 1 aromatic heterocycles. The number of hydrogen-bond acceptors (Lipinski definition) is 3. The Morgan fingerprint density at radius 2 is 2.00 bits per heavy atom. The van der Waals surface area contributed by atoms with Crippen molar-refractivity contribution in [3.63, 3.8) is 0 Å². The van der Waals surface area contributed by atoms with Crippen LogP contribution in [-0.2, 0) is 4.79 Å². The van der Waals surface area contributed by atoms with E-state index in [9.17, 15) is 14.0 Å². The van der Waals surface area contributed by atoms with Crippen LogP contribution in [0.1, 0.15) is 36.2 Å². The van der Waals surface area contributed by atoms with Crippen molar-refractivity contribution in [3.8, 4) is 0 Å². The van der Waals surface area contributed by atoms with Gasteiger partial charge in [0.25, 0.3) is 5.91 Å². The van der Waals surface area contributed by atoms with Gasteiger partial charge in [0.2, 0.25) is 11.9 Å². The van der Waals surface area contributed by atoms with Crippen LogP contribution in [-0.4, -0.2) is 41.3 Å². The molecule has 20 heavy (non-hydrogen) atoms. The van der Waals surface area contributed by atoms with Crippen molar-refractivity contribution in [1.82, 2.24) is 15.2 Å². The molecule has 0 radical (unpaired) electrons. The fraction of sp³-hybridized carbons (Fsp3) is 0.500. The van der Waals surface area contributed by atoms with Gasteiger partial charge in [0, 0.05) is 26.1 Å². The summed E-state index contributed by atoms with van der Waals surface area (Å²) in [5.74, 6) is -1.10. The van der Waals surface area contributed by atoms with E-state index < -0.39 is 11.9 Å². The van der Waals surface area contributed by atoms with Crippen LogP contribution in [0.25, 0.3) is 0 Å². The highest BCUT2D eigenvalue weighted by Gasteiger charge is 2.16. The summed E-state index contributed by atoms with van der Waals surface area (Å²) < 4.78 is 12.9. The maximum atomic E-state index is 12.9. The summed E-state index contributed by atoms with van der Waals surface area (Å²) >= 11 is 0.